The summed E-state index contributed by atoms with van der Waals surface area (Å²) in [4.78, 5) is 38.3. The monoisotopic (exact) mass is 550 g/mol. The van der Waals surface area contributed by atoms with Crippen LogP contribution >= 0.6 is 27.5 Å². The van der Waals surface area contributed by atoms with Crippen LogP contribution in [-0.2, 0) is 16.0 Å². The van der Waals surface area contributed by atoms with Crippen molar-refractivity contribution in [3.05, 3.63) is 63.1 Å². The van der Waals surface area contributed by atoms with Crippen molar-refractivity contribution < 1.29 is 19.1 Å². The Kier molecular flexibility index (Phi) is 9.32. The molecule has 4 N–H and O–H groups in total. The van der Waals surface area contributed by atoms with E-state index in [0.717, 1.165) is 10.0 Å². The Balaban J connectivity index is 1.56. The van der Waals surface area contributed by atoms with E-state index in [9.17, 15) is 14.4 Å². The zero-order valence-electron chi connectivity index (χ0n) is 18.9. The lowest BCUT2D eigenvalue weighted by atomic mass is 9.86. The fraction of sp³-hybridized carbons (Fsp3) is 0.375. The number of halogens is 2. The van der Waals surface area contributed by atoms with Gasteiger partial charge in [0.15, 0.2) is 0 Å². The second-order valence-electron chi connectivity index (χ2n) is 8.03. The van der Waals surface area contributed by atoms with Crippen LogP contribution in [0, 0.1) is 0 Å². The third kappa shape index (κ3) is 6.94. The molecule has 3 rings (SSSR count). The van der Waals surface area contributed by atoms with Crippen LogP contribution in [0.4, 0.5) is 0 Å². The molecule has 0 saturated carbocycles. The average Bonchev–Trinajstić information content (AvgIpc) is 2.82. The molecule has 182 valence electrons. The van der Waals surface area contributed by atoms with Gasteiger partial charge in [-0.2, -0.15) is 0 Å². The van der Waals surface area contributed by atoms with Gasteiger partial charge in [0.25, 0.3) is 5.91 Å². The first-order valence-electron chi connectivity index (χ1n) is 11.0. The molecule has 3 amide bonds. The zero-order valence-corrected chi connectivity index (χ0v) is 21.2. The first kappa shape index (κ1) is 26.0. The van der Waals surface area contributed by atoms with Gasteiger partial charge in [0.2, 0.25) is 11.8 Å². The number of methoxy groups -OCH3 is 1. The lowest BCUT2D eigenvalue weighted by molar-refractivity contribution is -0.134. The van der Waals surface area contributed by atoms with E-state index in [1.807, 2.05) is 12.1 Å². The van der Waals surface area contributed by atoms with Crippen molar-refractivity contribution in [3.8, 4) is 5.75 Å². The summed E-state index contributed by atoms with van der Waals surface area (Å²) in [6, 6.07) is 12.0. The molecule has 0 radical (unpaired) electrons. The molecule has 1 aliphatic rings. The van der Waals surface area contributed by atoms with Crippen molar-refractivity contribution in [2.75, 3.05) is 33.3 Å². The Labute approximate surface area is 212 Å². The normalized spacial score (nSPS) is 14.7. The quantitative estimate of drug-likeness (QED) is 0.358. The van der Waals surface area contributed by atoms with Gasteiger partial charge in [0, 0.05) is 33.7 Å². The molecule has 0 atom stereocenters. The van der Waals surface area contributed by atoms with Crippen LogP contribution in [-0.4, -0.2) is 56.5 Å². The van der Waals surface area contributed by atoms with Gasteiger partial charge in [0.05, 0.1) is 13.5 Å². The molecule has 0 aliphatic carbocycles. The number of rotatable bonds is 9. The van der Waals surface area contributed by atoms with E-state index in [-0.39, 0.29) is 37.2 Å². The van der Waals surface area contributed by atoms with E-state index in [1.165, 1.54) is 0 Å². The molecule has 1 fully saturated rings. The van der Waals surface area contributed by atoms with Crippen LogP contribution in [0.2, 0.25) is 5.02 Å². The maximum atomic E-state index is 13.1. The predicted molar refractivity (Wildman–Crippen MR) is 134 cm³/mol. The van der Waals surface area contributed by atoms with Gasteiger partial charge in [-0.15, -0.1) is 0 Å². The van der Waals surface area contributed by atoms with Crippen molar-refractivity contribution in [3.63, 3.8) is 0 Å². The van der Waals surface area contributed by atoms with Gasteiger partial charge in [0.1, 0.15) is 11.3 Å². The molecule has 1 aliphatic heterocycles. The molecule has 0 bridgehead atoms. The number of hydrogen-bond acceptors (Lipinski definition) is 5. The largest absolute Gasteiger partial charge is 0.496 e. The number of nitrogens with one attached hydrogen (secondary N) is 4. The summed E-state index contributed by atoms with van der Waals surface area (Å²) in [6.07, 6.45) is 1.02. The minimum absolute atomic E-state index is 0.0855. The topological polar surface area (TPSA) is 109 Å². The van der Waals surface area contributed by atoms with Crippen molar-refractivity contribution in [1.29, 1.82) is 0 Å². The number of carbonyl (C=O) groups is 3. The van der Waals surface area contributed by atoms with Crippen molar-refractivity contribution >= 4 is 45.3 Å². The standard InChI is InChI=1S/C24H28BrClN4O4/c1-34-20-7-4-18(25)14-17(20)15-21(31)30-24(8-10-27-11-9-24)23(33)29-13-12-28-22(32)16-2-5-19(26)6-3-16/h2-7,14,27H,8-13,15H2,1H3,(H,28,32)(H,29,33)(H,30,31). The molecule has 0 spiro atoms. The van der Waals surface area contributed by atoms with Crippen molar-refractivity contribution in [2.45, 2.75) is 24.8 Å². The Bertz CT molecular complexity index is 1030. The molecule has 2 aromatic carbocycles. The second kappa shape index (κ2) is 12.2. The van der Waals surface area contributed by atoms with E-state index in [1.54, 1.807) is 37.4 Å². The van der Waals surface area contributed by atoms with Gasteiger partial charge in [-0.25, -0.2) is 0 Å². The van der Waals surface area contributed by atoms with Crippen LogP contribution in [0.1, 0.15) is 28.8 Å². The third-order valence-electron chi connectivity index (χ3n) is 5.67. The fourth-order valence-electron chi connectivity index (χ4n) is 3.86. The summed E-state index contributed by atoms with van der Waals surface area (Å²) in [5.41, 5.74) is 0.200. The van der Waals surface area contributed by atoms with E-state index >= 15 is 0 Å². The molecule has 0 aromatic heterocycles. The lowest BCUT2D eigenvalue weighted by Crippen LogP contribution is -2.63. The number of ether oxygens (including phenoxy) is 1. The number of carbonyl (C=O) groups excluding carboxylic acids is 3. The van der Waals surface area contributed by atoms with Crippen molar-refractivity contribution in [1.82, 2.24) is 21.3 Å². The molecule has 0 unspecified atom stereocenters. The minimum atomic E-state index is -1.01. The first-order chi connectivity index (χ1) is 16.3. The van der Waals surface area contributed by atoms with Crippen molar-refractivity contribution in [2.24, 2.45) is 0 Å². The molecule has 8 nitrogen and oxygen atoms in total. The summed E-state index contributed by atoms with van der Waals surface area (Å²) in [6.45, 7) is 1.72. The van der Waals surface area contributed by atoms with Crippen LogP contribution in [0.3, 0.4) is 0 Å². The highest BCUT2D eigenvalue weighted by Gasteiger charge is 2.40. The molecular weight excluding hydrogens is 524 g/mol. The maximum Gasteiger partial charge on any atom is 0.251 e. The molecule has 1 heterocycles. The summed E-state index contributed by atoms with van der Waals surface area (Å²) >= 11 is 9.26. The number of piperidine rings is 1. The van der Waals surface area contributed by atoms with Gasteiger partial charge in [-0.3, -0.25) is 14.4 Å². The van der Waals surface area contributed by atoms with E-state index in [4.69, 9.17) is 16.3 Å². The SMILES string of the molecule is COc1ccc(Br)cc1CC(=O)NC1(C(=O)NCCNC(=O)c2ccc(Cl)cc2)CCNCC1. The number of hydrogen-bond donors (Lipinski definition) is 4. The Morgan fingerprint density at radius 3 is 2.41 bits per heavy atom. The summed E-state index contributed by atoms with van der Waals surface area (Å²) < 4.78 is 6.19. The van der Waals surface area contributed by atoms with Gasteiger partial charge >= 0.3 is 0 Å². The highest BCUT2D eigenvalue weighted by molar-refractivity contribution is 9.10. The predicted octanol–water partition coefficient (Wildman–Crippen LogP) is 2.44. The smallest absolute Gasteiger partial charge is 0.251 e. The van der Waals surface area contributed by atoms with E-state index in [0.29, 0.717) is 42.3 Å². The minimum Gasteiger partial charge on any atom is -0.496 e. The van der Waals surface area contributed by atoms with Crippen LogP contribution in [0.15, 0.2) is 46.9 Å². The summed E-state index contributed by atoms with van der Waals surface area (Å²) in [5.74, 6) is -0.161. The molecule has 10 heteroatoms. The van der Waals surface area contributed by atoms with Crippen LogP contribution < -0.4 is 26.0 Å². The van der Waals surface area contributed by atoms with Gasteiger partial charge < -0.3 is 26.0 Å². The third-order valence-corrected chi connectivity index (χ3v) is 6.41. The molecule has 2 aromatic rings. The summed E-state index contributed by atoms with van der Waals surface area (Å²) in [7, 11) is 1.55. The highest BCUT2D eigenvalue weighted by Crippen LogP contribution is 2.24. The molecule has 1 saturated heterocycles. The van der Waals surface area contributed by atoms with Crippen LogP contribution in [0.5, 0.6) is 5.75 Å². The number of benzene rings is 2. The Hall–Kier alpha value is -2.62. The van der Waals surface area contributed by atoms with Gasteiger partial charge in [-0.05, 0) is 68.4 Å². The Morgan fingerprint density at radius 1 is 1.06 bits per heavy atom. The van der Waals surface area contributed by atoms with Gasteiger partial charge in [-0.1, -0.05) is 27.5 Å². The van der Waals surface area contributed by atoms with Crippen LogP contribution in [0.25, 0.3) is 0 Å². The summed E-state index contributed by atoms with van der Waals surface area (Å²) in [5, 5.41) is 12.4. The molecule has 34 heavy (non-hydrogen) atoms. The van der Waals surface area contributed by atoms with E-state index < -0.39 is 5.54 Å². The first-order valence-corrected chi connectivity index (χ1v) is 12.2. The average molecular weight is 552 g/mol. The second-order valence-corrected chi connectivity index (χ2v) is 9.38. The highest BCUT2D eigenvalue weighted by atomic mass is 79.9. The van der Waals surface area contributed by atoms with E-state index in [2.05, 4.69) is 37.2 Å². The lowest BCUT2D eigenvalue weighted by Gasteiger charge is -2.37. The number of amides is 3. The maximum absolute atomic E-state index is 13.1. The molecular formula is C24H28BrClN4O4. The fourth-order valence-corrected chi connectivity index (χ4v) is 4.39. The zero-order chi connectivity index (χ0) is 24.6. The Morgan fingerprint density at radius 2 is 1.74 bits per heavy atom.